The number of hydrogen-bond acceptors (Lipinski definition) is 4. The first kappa shape index (κ1) is 18.4. The van der Waals surface area contributed by atoms with Crippen LogP contribution in [0.2, 0.25) is 0 Å². The van der Waals surface area contributed by atoms with Crippen LogP contribution < -0.4 is 4.74 Å². The second-order valence-corrected chi connectivity index (χ2v) is 6.28. The van der Waals surface area contributed by atoms with Crippen LogP contribution in [-0.2, 0) is 11.4 Å². The monoisotopic (exact) mass is 356 g/mol. The number of carboxylic acids is 1. The number of benzene rings is 1. The number of aliphatic carboxylic acids is 1. The van der Waals surface area contributed by atoms with E-state index in [1.807, 2.05) is 0 Å². The molecule has 0 aliphatic heterocycles. The Balaban J connectivity index is 1.95. The molecule has 0 atom stereocenters. The van der Waals surface area contributed by atoms with Crippen molar-refractivity contribution in [3.05, 3.63) is 40.1 Å². The standard InChI is InChI=1S/C17H18F2O4S/c18-14-7-11(12-6-13(9-20)24-10-12)8-15(19)17(14)23-5-3-1-2-4-16(21)22/h6-8,10,20H,1-5,9H2,(H,21,22). The molecule has 0 spiro atoms. The molecular formula is C17H18F2O4S. The number of carboxylic acid groups (broad SMARTS) is 1. The van der Waals surface area contributed by atoms with Crippen LogP contribution in [0.15, 0.2) is 23.6 Å². The summed E-state index contributed by atoms with van der Waals surface area (Å²) in [5, 5.41) is 19.3. The minimum Gasteiger partial charge on any atom is -0.488 e. The third-order valence-corrected chi connectivity index (χ3v) is 4.34. The molecule has 0 aliphatic carbocycles. The molecule has 7 heteroatoms. The Hall–Kier alpha value is -1.99. The van der Waals surface area contributed by atoms with Gasteiger partial charge in [-0.05, 0) is 54.0 Å². The molecule has 0 bridgehead atoms. The van der Waals surface area contributed by atoms with E-state index in [1.165, 1.54) is 23.5 Å². The van der Waals surface area contributed by atoms with Crippen molar-refractivity contribution in [1.29, 1.82) is 0 Å². The molecule has 2 aromatic rings. The van der Waals surface area contributed by atoms with E-state index < -0.39 is 23.4 Å². The van der Waals surface area contributed by atoms with Crippen molar-refractivity contribution in [3.63, 3.8) is 0 Å². The van der Waals surface area contributed by atoms with Crippen LogP contribution in [0.1, 0.15) is 30.6 Å². The molecule has 1 aromatic carbocycles. The molecule has 0 saturated heterocycles. The Morgan fingerprint density at radius 1 is 1.08 bits per heavy atom. The van der Waals surface area contributed by atoms with Crippen LogP contribution >= 0.6 is 11.3 Å². The van der Waals surface area contributed by atoms with Crippen LogP contribution in [0.3, 0.4) is 0 Å². The van der Waals surface area contributed by atoms with Crippen molar-refractivity contribution >= 4 is 17.3 Å². The molecule has 0 aliphatic rings. The van der Waals surface area contributed by atoms with E-state index in [0.717, 1.165) is 0 Å². The minimum atomic E-state index is -0.860. The van der Waals surface area contributed by atoms with Crippen molar-refractivity contribution in [2.24, 2.45) is 0 Å². The molecule has 24 heavy (non-hydrogen) atoms. The van der Waals surface area contributed by atoms with Gasteiger partial charge in [0.25, 0.3) is 0 Å². The Morgan fingerprint density at radius 3 is 2.38 bits per heavy atom. The quantitative estimate of drug-likeness (QED) is 0.661. The van der Waals surface area contributed by atoms with Gasteiger partial charge in [0, 0.05) is 11.3 Å². The van der Waals surface area contributed by atoms with Crippen LogP contribution in [0, 0.1) is 11.6 Å². The summed E-state index contributed by atoms with van der Waals surface area (Å²) < 4.78 is 33.3. The van der Waals surface area contributed by atoms with Gasteiger partial charge in [-0.1, -0.05) is 0 Å². The second-order valence-electron chi connectivity index (χ2n) is 5.28. The lowest BCUT2D eigenvalue weighted by atomic mass is 10.1. The highest BCUT2D eigenvalue weighted by molar-refractivity contribution is 7.10. The van der Waals surface area contributed by atoms with E-state index in [1.54, 1.807) is 11.4 Å². The lowest BCUT2D eigenvalue weighted by molar-refractivity contribution is -0.137. The molecule has 4 nitrogen and oxygen atoms in total. The van der Waals surface area contributed by atoms with Gasteiger partial charge in [0.05, 0.1) is 13.2 Å². The maximum Gasteiger partial charge on any atom is 0.303 e. The summed E-state index contributed by atoms with van der Waals surface area (Å²) in [4.78, 5) is 11.1. The molecular weight excluding hydrogens is 338 g/mol. The average Bonchev–Trinajstić information content (AvgIpc) is 3.01. The zero-order valence-corrected chi connectivity index (χ0v) is 13.7. The van der Waals surface area contributed by atoms with Crippen molar-refractivity contribution in [2.45, 2.75) is 32.3 Å². The van der Waals surface area contributed by atoms with Gasteiger partial charge in [-0.15, -0.1) is 11.3 Å². The molecule has 0 fully saturated rings. The lowest BCUT2D eigenvalue weighted by Crippen LogP contribution is -2.02. The molecule has 0 saturated carbocycles. The summed E-state index contributed by atoms with van der Waals surface area (Å²) in [6, 6.07) is 4.08. The predicted octanol–water partition coefficient (Wildman–Crippen LogP) is 4.21. The van der Waals surface area contributed by atoms with Crippen LogP contribution in [-0.4, -0.2) is 22.8 Å². The van der Waals surface area contributed by atoms with Gasteiger partial charge in [-0.25, -0.2) is 8.78 Å². The zero-order chi connectivity index (χ0) is 17.5. The van der Waals surface area contributed by atoms with Gasteiger partial charge in [0.15, 0.2) is 17.4 Å². The second kappa shape index (κ2) is 8.75. The van der Waals surface area contributed by atoms with Gasteiger partial charge in [-0.3, -0.25) is 4.79 Å². The first-order valence-corrected chi connectivity index (χ1v) is 8.41. The predicted molar refractivity (Wildman–Crippen MR) is 87.2 cm³/mol. The fourth-order valence-corrected chi connectivity index (χ4v) is 2.96. The summed E-state index contributed by atoms with van der Waals surface area (Å²) in [5.41, 5.74) is 1.02. The number of rotatable bonds is 9. The number of hydrogen-bond donors (Lipinski definition) is 2. The highest BCUT2D eigenvalue weighted by Crippen LogP contribution is 2.31. The Bertz CT molecular complexity index is 677. The first-order valence-electron chi connectivity index (χ1n) is 7.53. The van der Waals surface area contributed by atoms with E-state index in [-0.39, 0.29) is 19.6 Å². The van der Waals surface area contributed by atoms with E-state index in [0.29, 0.717) is 35.3 Å². The SMILES string of the molecule is O=C(O)CCCCCOc1c(F)cc(-c2csc(CO)c2)cc1F. The van der Waals surface area contributed by atoms with E-state index >= 15 is 0 Å². The van der Waals surface area contributed by atoms with Crippen LogP contribution in [0.4, 0.5) is 8.78 Å². The molecule has 0 unspecified atom stereocenters. The molecule has 1 aromatic heterocycles. The third-order valence-electron chi connectivity index (χ3n) is 3.42. The van der Waals surface area contributed by atoms with Crippen molar-refractivity contribution in [2.75, 3.05) is 6.61 Å². The minimum absolute atomic E-state index is 0.0773. The van der Waals surface area contributed by atoms with Crippen LogP contribution in [0.5, 0.6) is 5.75 Å². The number of halogens is 2. The van der Waals surface area contributed by atoms with Crippen molar-refractivity contribution in [3.8, 4) is 16.9 Å². The summed E-state index contributed by atoms with van der Waals surface area (Å²) in [5.74, 6) is -2.85. The number of thiophene rings is 1. The third kappa shape index (κ3) is 5.01. The van der Waals surface area contributed by atoms with Gasteiger partial charge in [0.1, 0.15) is 0 Å². The normalized spacial score (nSPS) is 10.8. The van der Waals surface area contributed by atoms with E-state index in [4.69, 9.17) is 14.9 Å². The number of ether oxygens (including phenoxy) is 1. The molecule has 2 N–H and O–H groups in total. The lowest BCUT2D eigenvalue weighted by Gasteiger charge is -2.10. The highest BCUT2D eigenvalue weighted by atomic mass is 32.1. The number of carbonyl (C=O) groups is 1. The van der Waals surface area contributed by atoms with Gasteiger partial charge >= 0.3 is 5.97 Å². The average molecular weight is 356 g/mol. The number of aliphatic hydroxyl groups excluding tert-OH is 1. The summed E-state index contributed by atoms with van der Waals surface area (Å²) >= 11 is 1.32. The Morgan fingerprint density at radius 2 is 1.79 bits per heavy atom. The smallest absolute Gasteiger partial charge is 0.303 e. The maximum atomic E-state index is 14.1. The van der Waals surface area contributed by atoms with Crippen LogP contribution in [0.25, 0.3) is 11.1 Å². The fourth-order valence-electron chi connectivity index (χ4n) is 2.21. The molecule has 0 radical (unpaired) electrons. The van der Waals surface area contributed by atoms with Gasteiger partial charge in [0.2, 0.25) is 0 Å². The number of aliphatic hydroxyl groups is 1. The van der Waals surface area contributed by atoms with E-state index in [9.17, 15) is 13.6 Å². The Kier molecular flexibility index (Phi) is 6.69. The van der Waals surface area contributed by atoms with Crippen molar-refractivity contribution < 1.29 is 28.5 Å². The van der Waals surface area contributed by atoms with Crippen molar-refractivity contribution in [1.82, 2.24) is 0 Å². The fraction of sp³-hybridized carbons (Fsp3) is 0.353. The van der Waals surface area contributed by atoms with E-state index in [2.05, 4.69) is 0 Å². The highest BCUT2D eigenvalue weighted by Gasteiger charge is 2.14. The molecule has 1 heterocycles. The largest absolute Gasteiger partial charge is 0.488 e. The summed E-state index contributed by atoms with van der Waals surface area (Å²) in [7, 11) is 0. The maximum absolute atomic E-state index is 14.1. The van der Waals surface area contributed by atoms with Gasteiger partial charge < -0.3 is 14.9 Å². The zero-order valence-electron chi connectivity index (χ0n) is 12.9. The summed E-state index contributed by atoms with van der Waals surface area (Å²) in [6.45, 7) is 0.0125. The topological polar surface area (TPSA) is 66.8 Å². The number of unbranched alkanes of at least 4 members (excludes halogenated alkanes) is 2. The summed E-state index contributed by atoms with van der Waals surface area (Å²) in [6.07, 6.45) is 1.73. The molecule has 130 valence electrons. The first-order chi connectivity index (χ1) is 11.5. The molecule has 2 rings (SSSR count). The Labute approximate surface area is 142 Å². The van der Waals surface area contributed by atoms with Gasteiger partial charge in [-0.2, -0.15) is 0 Å². The molecule has 0 amide bonds.